The summed E-state index contributed by atoms with van der Waals surface area (Å²) in [5.41, 5.74) is 8.94. The first-order valence-electron chi connectivity index (χ1n) is 21.2. The molecule has 0 amide bonds. The van der Waals surface area contributed by atoms with E-state index in [0.717, 1.165) is 104 Å². The average Bonchev–Trinajstić information content (AvgIpc) is 4.02. The lowest BCUT2D eigenvalue weighted by molar-refractivity contribution is 0.669. The van der Waals surface area contributed by atoms with Crippen LogP contribution in [0.1, 0.15) is 0 Å². The maximum Gasteiger partial charge on any atom is 0.164 e. The van der Waals surface area contributed by atoms with Crippen molar-refractivity contribution in [2.75, 3.05) is 0 Å². The van der Waals surface area contributed by atoms with Gasteiger partial charge in [-0.05, 0) is 70.1 Å². The van der Waals surface area contributed by atoms with E-state index in [1.165, 1.54) is 16.2 Å². The minimum Gasteiger partial charge on any atom is -0.456 e. The van der Waals surface area contributed by atoms with Gasteiger partial charge in [0.15, 0.2) is 23.1 Å². The third-order valence-electron chi connectivity index (χ3n) is 12.8. The summed E-state index contributed by atoms with van der Waals surface area (Å²) in [6.07, 6.45) is 0. The van der Waals surface area contributed by atoms with Crippen LogP contribution >= 0.6 is 0 Å². The SMILES string of the molecule is c1ccc(-c2nc(-c3ccc4c(c3)oc3ccccc34)nc(-c3cc(-n4c5cc6ccccc6cc5c5ccc6ccccc6c54)c4oc5c6ccccc6ccc5c4c3)n2)cc1. The summed E-state index contributed by atoms with van der Waals surface area (Å²) in [5, 5.41) is 13.3. The van der Waals surface area contributed by atoms with Gasteiger partial charge in [-0.2, -0.15) is 0 Å². The zero-order valence-corrected chi connectivity index (χ0v) is 33.6. The standard InChI is InChI=1S/C57H32N4O2/c1-2-14-35(15-3-1)55-58-56(38-24-25-43-42-20-10-11-21-50(42)62-51(43)32-38)60-57(59-55)39-29-47-45-27-23-34-13-7-9-19-41(34)53(45)63-54(47)49(31-39)61-48-30-37-17-5-4-16-36(37)28-46(48)44-26-22-33-12-6-8-18-40(33)52(44)61/h1-32H. The van der Waals surface area contributed by atoms with E-state index in [2.05, 4.69) is 144 Å². The molecule has 14 aromatic rings. The van der Waals surface area contributed by atoms with Crippen molar-refractivity contribution >= 4 is 98.0 Å². The molecule has 10 aromatic carbocycles. The first-order chi connectivity index (χ1) is 31.2. The molecule has 0 atom stereocenters. The number of hydrogen-bond acceptors (Lipinski definition) is 5. The minimum absolute atomic E-state index is 0.554. The largest absolute Gasteiger partial charge is 0.456 e. The van der Waals surface area contributed by atoms with E-state index in [1.807, 2.05) is 54.6 Å². The lowest BCUT2D eigenvalue weighted by atomic mass is 10.0. The number of rotatable bonds is 4. The number of benzene rings is 10. The van der Waals surface area contributed by atoms with Crippen LogP contribution in [0.4, 0.5) is 0 Å². The zero-order chi connectivity index (χ0) is 41.2. The maximum absolute atomic E-state index is 7.18. The molecular weight excluding hydrogens is 773 g/mol. The van der Waals surface area contributed by atoms with Crippen LogP contribution in [-0.2, 0) is 0 Å². The molecule has 0 aliphatic carbocycles. The molecule has 4 heterocycles. The Morgan fingerprint density at radius 3 is 1.73 bits per heavy atom. The number of fused-ring (bicyclic) bond motifs is 14. The third-order valence-corrected chi connectivity index (χ3v) is 12.8. The lowest BCUT2D eigenvalue weighted by Gasteiger charge is -2.14. The molecule has 6 heteroatoms. The molecule has 0 aliphatic rings. The highest BCUT2D eigenvalue weighted by Crippen LogP contribution is 2.44. The van der Waals surface area contributed by atoms with Crippen molar-refractivity contribution in [2.24, 2.45) is 0 Å². The first kappa shape index (κ1) is 34.1. The van der Waals surface area contributed by atoms with Gasteiger partial charge in [0.2, 0.25) is 0 Å². The summed E-state index contributed by atoms with van der Waals surface area (Å²) in [6, 6.07) is 68.0. The molecule has 0 fully saturated rings. The highest BCUT2D eigenvalue weighted by molar-refractivity contribution is 6.23. The van der Waals surface area contributed by atoms with Crippen LogP contribution in [-0.4, -0.2) is 19.5 Å². The first-order valence-corrected chi connectivity index (χ1v) is 21.2. The van der Waals surface area contributed by atoms with E-state index in [1.54, 1.807) is 0 Å². The fraction of sp³-hybridized carbons (Fsp3) is 0. The molecule has 0 N–H and O–H groups in total. The van der Waals surface area contributed by atoms with Crippen LogP contribution in [0.5, 0.6) is 0 Å². The van der Waals surface area contributed by atoms with Gasteiger partial charge in [-0.15, -0.1) is 0 Å². The molecule has 0 bridgehead atoms. The maximum atomic E-state index is 7.18. The second-order valence-corrected chi connectivity index (χ2v) is 16.4. The number of furan rings is 2. The molecular formula is C57H32N4O2. The van der Waals surface area contributed by atoms with Crippen molar-refractivity contribution < 1.29 is 8.83 Å². The van der Waals surface area contributed by atoms with Crippen LogP contribution < -0.4 is 0 Å². The molecule has 292 valence electrons. The molecule has 63 heavy (non-hydrogen) atoms. The van der Waals surface area contributed by atoms with Gasteiger partial charge in [-0.3, -0.25) is 0 Å². The zero-order valence-electron chi connectivity index (χ0n) is 33.6. The van der Waals surface area contributed by atoms with Crippen LogP contribution in [0.15, 0.2) is 203 Å². The third kappa shape index (κ3) is 5.09. The van der Waals surface area contributed by atoms with Crippen molar-refractivity contribution in [3.05, 3.63) is 194 Å². The predicted octanol–water partition coefficient (Wildman–Crippen LogP) is 15.2. The van der Waals surface area contributed by atoms with Crippen molar-refractivity contribution in [2.45, 2.75) is 0 Å². The van der Waals surface area contributed by atoms with E-state index in [-0.39, 0.29) is 0 Å². The molecule has 0 saturated carbocycles. The fourth-order valence-corrected chi connectivity index (χ4v) is 9.81. The summed E-state index contributed by atoms with van der Waals surface area (Å²) >= 11 is 0. The summed E-state index contributed by atoms with van der Waals surface area (Å²) in [4.78, 5) is 15.7. The summed E-state index contributed by atoms with van der Waals surface area (Å²) < 4.78 is 15.9. The monoisotopic (exact) mass is 804 g/mol. The van der Waals surface area contributed by atoms with Crippen molar-refractivity contribution in [3.8, 4) is 39.9 Å². The predicted molar refractivity (Wildman–Crippen MR) is 258 cm³/mol. The van der Waals surface area contributed by atoms with Gasteiger partial charge in [-0.25, -0.2) is 15.0 Å². The fourth-order valence-electron chi connectivity index (χ4n) is 9.81. The van der Waals surface area contributed by atoms with Crippen LogP contribution in [0.25, 0.3) is 138 Å². The van der Waals surface area contributed by atoms with Crippen LogP contribution in [0, 0.1) is 0 Å². The van der Waals surface area contributed by atoms with Crippen molar-refractivity contribution in [3.63, 3.8) is 0 Å². The van der Waals surface area contributed by atoms with E-state index in [0.29, 0.717) is 17.5 Å². The van der Waals surface area contributed by atoms with E-state index < -0.39 is 0 Å². The molecule has 14 rings (SSSR count). The average molecular weight is 805 g/mol. The Balaban J connectivity index is 1.11. The van der Waals surface area contributed by atoms with Gasteiger partial charge >= 0.3 is 0 Å². The van der Waals surface area contributed by atoms with Gasteiger partial charge in [0.25, 0.3) is 0 Å². The Kier molecular flexibility index (Phi) is 7.02. The number of para-hydroxylation sites is 1. The second kappa shape index (κ2) is 12.9. The minimum atomic E-state index is 0.554. The van der Waals surface area contributed by atoms with Crippen LogP contribution in [0.3, 0.4) is 0 Å². The Hall–Kier alpha value is -8.61. The quantitative estimate of drug-likeness (QED) is 0.177. The molecule has 6 nitrogen and oxygen atoms in total. The number of hydrogen-bond donors (Lipinski definition) is 0. The Labute approximate surface area is 358 Å². The summed E-state index contributed by atoms with van der Waals surface area (Å²) in [6.45, 7) is 0. The molecule has 0 spiro atoms. The summed E-state index contributed by atoms with van der Waals surface area (Å²) in [7, 11) is 0. The number of aromatic nitrogens is 4. The van der Waals surface area contributed by atoms with Gasteiger partial charge < -0.3 is 13.4 Å². The number of nitrogens with zero attached hydrogens (tertiary/aromatic N) is 4. The summed E-state index contributed by atoms with van der Waals surface area (Å²) in [5.74, 6) is 1.69. The van der Waals surface area contributed by atoms with Gasteiger partial charge in [-0.1, -0.05) is 146 Å². The molecule has 4 aromatic heterocycles. The topological polar surface area (TPSA) is 69.9 Å². The van der Waals surface area contributed by atoms with E-state index in [9.17, 15) is 0 Å². The lowest BCUT2D eigenvalue weighted by Crippen LogP contribution is -2.01. The van der Waals surface area contributed by atoms with Gasteiger partial charge in [0.05, 0.1) is 16.7 Å². The van der Waals surface area contributed by atoms with Gasteiger partial charge in [0, 0.05) is 59.8 Å². The van der Waals surface area contributed by atoms with Gasteiger partial charge in [0.1, 0.15) is 16.7 Å². The molecule has 0 aliphatic heterocycles. The molecule has 0 saturated heterocycles. The van der Waals surface area contributed by atoms with Crippen molar-refractivity contribution in [1.82, 2.24) is 19.5 Å². The smallest absolute Gasteiger partial charge is 0.164 e. The highest BCUT2D eigenvalue weighted by atomic mass is 16.3. The molecule has 0 radical (unpaired) electrons. The Bertz CT molecular complexity index is 4220. The second-order valence-electron chi connectivity index (χ2n) is 16.4. The Morgan fingerprint density at radius 1 is 0.317 bits per heavy atom. The molecule has 0 unspecified atom stereocenters. The Morgan fingerprint density at radius 2 is 0.921 bits per heavy atom. The van der Waals surface area contributed by atoms with Crippen molar-refractivity contribution in [1.29, 1.82) is 0 Å². The normalized spacial score (nSPS) is 12.1. The van der Waals surface area contributed by atoms with E-state index >= 15 is 0 Å². The van der Waals surface area contributed by atoms with Crippen LogP contribution in [0.2, 0.25) is 0 Å². The van der Waals surface area contributed by atoms with E-state index in [4.69, 9.17) is 23.8 Å². The highest BCUT2D eigenvalue weighted by Gasteiger charge is 2.24.